The quantitative estimate of drug-likeness (QED) is 0.880. The Hall–Kier alpha value is -3.15. The fourth-order valence-corrected chi connectivity index (χ4v) is 2.66. The number of carboxylic acids is 1. The number of anilines is 1. The number of carbonyl (C=O) groups excluding carboxylic acids is 2. The third kappa shape index (κ3) is 2.15. The van der Waals surface area contributed by atoms with E-state index in [1.54, 1.807) is 31.2 Å². The van der Waals surface area contributed by atoms with Crippen LogP contribution in [0.4, 0.5) is 5.69 Å². The van der Waals surface area contributed by atoms with Crippen molar-refractivity contribution in [1.82, 2.24) is 0 Å². The first kappa shape index (κ1) is 14.8. The van der Waals surface area contributed by atoms with Gasteiger partial charge < -0.3 is 9.84 Å². The summed E-state index contributed by atoms with van der Waals surface area (Å²) in [5.41, 5.74) is 1.04. The number of hydrogen-bond acceptors (Lipinski definition) is 4. The van der Waals surface area contributed by atoms with Gasteiger partial charge in [0.2, 0.25) is 0 Å². The molecule has 0 radical (unpaired) electrons. The summed E-state index contributed by atoms with van der Waals surface area (Å²) in [6.07, 6.45) is 0. The van der Waals surface area contributed by atoms with Crippen LogP contribution in [0.1, 0.15) is 36.6 Å². The number of nitrogens with zero attached hydrogens (tertiary/aromatic N) is 1. The second-order valence-electron chi connectivity index (χ2n) is 5.14. The molecule has 1 aliphatic rings. The number of hydrogen-bond donors (Lipinski definition) is 1. The van der Waals surface area contributed by atoms with E-state index in [-0.39, 0.29) is 22.4 Å². The highest BCUT2D eigenvalue weighted by Gasteiger charge is 2.38. The Morgan fingerprint density at radius 3 is 2.13 bits per heavy atom. The predicted molar refractivity (Wildman–Crippen MR) is 82.3 cm³/mol. The van der Waals surface area contributed by atoms with Gasteiger partial charge in [0, 0.05) is 0 Å². The number of carbonyl (C=O) groups is 3. The van der Waals surface area contributed by atoms with Gasteiger partial charge in [-0.25, -0.2) is 9.69 Å². The third-order valence-electron chi connectivity index (χ3n) is 3.78. The summed E-state index contributed by atoms with van der Waals surface area (Å²) in [5.74, 6) is -1.92. The second-order valence-corrected chi connectivity index (χ2v) is 5.14. The van der Waals surface area contributed by atoms with E-state index in [9.17, 15) is 19.5 Å². The summed E-state index contributed by atoms with van der Waals surface area (Å²) in [6, 6.07) is 9.20. The molecular weight excluding hydrogens is 298 g/mol. The summed E-state index contributed by atoms with van der Waals surface area (Å²) in [5, 5.41) is 9.42. The van der Waals surface area contributed by atoms with Gasteiger partial charge in [0.1, 0.15) is 5.75 Å². The Bertz CT molecular complexity index is 821. The molecule has 2 aromatic carbocycles. The first-order valence-corrected chi connectivity index (χ1v) is 6.85. The molecule has 2 aromatic rings. The zero-order chi connectivity index (χ0) is 16.7. The van der Waals surface area contributed by atoms with Crippen molar-refractivity contribution in [3.05, 3.63) is 58.7 Å². The highest BCUT2D eigenvalue weighted by atomic mass is 16.5. The molecule has 0 aliphatic carbocycles. The number of benzene rings is 2. The van der Waals surface area contributed by atoms with Crippen molar-refractivity contribution >= 4 is 23.5 Å². The number of methoxy groups -OCH3 is 1. The monoisotopic (exact) mass is 311 g/mol. The van der Waals surface area contributed by atoms with Crippen LogP contribution in [-0.4, -0.2) is 30.0 Å². The number of carboxylic acid groups (broad SMARTS) is 1. The zero-order valence-corrected chi connectivity index (χ0v) is 12.5. The van der Waals surface area contributed by atoms with Crippen LogP contribution >= 0.6 is 0 Å². The van der Waals surface area contributed by atoms with Crippen molar-refractivity contribution in [1.29, 1.82) is 0 Å². The number of fused-ring (bicyclic) bond motifs is 1. The largest absolute Gasteiger partial charge is 0.496 e. The first-order valence-electron chi connectivity index (χ1n) is 6.85. The van der Waals surface area contributed by atoms with E-state index in [4.69, 9.17) is 4.74 Å². The Morgan fingerprint density at radius 1 is 1.09 bits per heavy atom. The number of rotatable bonds is 3. The zero-order valence-electron chi connectivity index (χ0n) is 12.5. The molecule has 6 nitrogen and oxygen atoms in total. The van der Waals surface area contributed by atoms with E-state index in [1.165, 1.54) is 19.2 Å². The molecule has 0 atom stereocenters. The van der Waals surface area contributed by atoms with Crippen molar-refractivity contribution < 1.29 is 24.2 Å². The minimum Gasteiger partial charge on any atom is -0.496 e. The minimum atomic E-state index is -1.24. The van der Waals surface area contributed by atoms with Crippen LogP contribution in [0.15, 0.2) is 36.4 Å². The lowest BCUT2D eigenvalue weighted by atomic mass is 10.1. The van der Waals surface area contributed by atoms with Gasteiger partial charge in [0.15, 0.2) is 0 Å². The van der Waals surface area contributed by atoms with Gasteiger partial charge in [-0.15, -0.1) is 0 Å². The molecule has 1 heterocycles. The summed E-state index contributed by atoms with van der Waals surface area (Å²) in [7, 11) is 1.43. The van der Waals surface area contributed by atoms with E-state index < -0.39 is 17.8 Å². The average molecular weight is 311 g/mol. The molecule has 23 heavy (non-hydrogen) atoms. The standard InChI is InChI=1S/C17H13NO5/c1-9-7-13(12(17(21)22)8-14(9)23-2)18-15(19)10-5-3-4-6-11(10)16(18)20/h3-8H,1-2H3,(H,21,22). The van der Waals surface area contributed by atoms with Crippen LogP contribution in [-0.2, 0) is 0 Å². The maximum Gasteiger partial charge on any atom is 0.337 e. The fourth-order valence-electron chi connectivity index (χ4n) is 2.66. The molecule has 0 aromatic heterocycles. The molecule has 6 heteroatoms. The van der Waals surface area contributed by atoms with Crippen LogP contribution in [0.25, 0.3) is 0 Å². The van der Waals surface area contributed by atoms with Crippen LogP contribution in [0, 0.1) is 6.92 Å². The highest BCUT2D eigenvalue weighted by molar-refractivity contribution is 6.35. The van der Waals surface area contributed by atoms with Crippen LogP contribution < -0.4 is 9.64 Å². The van der Waals surface area contributed by atoms with Crippen molar-refractivity contribution in [2.24, 2.45) is 0 Å². The molecule has 1 N–H and O–H groups in total. The topological polar surface area (TPSA) is 83.9 Å². The lowest BCUT2D eigenvalue weighted by Gasteiger charge is -2.18. The van der Waals surface area contributed by atoms with Crippen molar-refractivity contribution in [2.75, 3.05) is 12.0 Å². The SMILES string of the molecule is COc1cc(C(=O)O)c(N2C(=O)c3ccccc3C2=O)cc1C. The van der Waals surface area contributed by atoms with Crippen molar-refractivity contribution in [3.63, 3.8) is 0 Å². The maximum atomic E-state index is 12.5. The summed E-state index contributed by atoms with van der Waals surface area (Å²) >= 11 is 0. The highest BCUT2D eigenvalue weighted by Crippen LogP contribution is 2.34. The molecule has 2 amide bonds. The molecule has 3 rings (SSSR count). The summed E-state index contributed by atoms with van der Waals surface area (Å²) in [4.78, 5) is 37.5. The number of aromatic carboxylic acids is 1. The van der Waals surface area contributed by atoms with Crippen LogP contribution in [0.3, 0.4) is 0 Å². The van der Waals surface area contributed by atoms with Gasteiger partial charge in [0.05, 0.1) is 29.5 Å². The van der Waals surface area contributed by atoms with Gasteiger partial charge in [-0.3, -0.25) is 9.59 Å². The molecule has 116 valence electrons. The van der Waals surface area contributed by atoms with Gasteiger partial charge in [0.25, 0.3) is 11.8 Å². The number of imide groups is 1. The van der Waals surface area contributed by atoms with Crippen LogP contribution in [0.2, 0.25) is 0 Å². The van der Waals surface area contributed by atoms with Crippen molar-refractivity contribution in [3.8, 4) is 5.75 Å². The van der Waals surface area contributed by atoms with Crippen molar-refractivity contribution in [2.45, 2.75) is 6.92 Å². The Balaban J connectivity index is 2.20. The van der Waals surface area contributed by atoms with E-state index in [1.807, 2.05) is 0 Å². The van der Waals surface area contributed by atoms with E-state index in [0.29, 0.717) is 11.3 Å². The number of amides is 2. The van der Waals surface area contributed by atoms with E-state index in [0.717, 1.165) is 4.90 Å². The summed E-state index contributed by atoms with van der Waals surface area (Å²) in [6.45, 7) is 1.71. The molecule has 0 saturated carbocycles. The number of aryl methyl sites for hydroxylation is 1. The fraction of sp³-hybridized carbons (Fsp3) is 0.118. The van der Waals surface area contributed by atoms with Gasteiger partial charge >= 0.3 is 5.97 Å². The lowest BCUT2D eigenvalue weighted by molar-refractivity contribution is 0.0697. The minimum absolute atomic E-state index is 0.0435. The second kappa shape index (κ2) is 5.24. The summed E-state index contributed by atoms with van der Waals surface area (Å²) < 4.78 is 5.12. The molecule has 0 bridgehead atoms. The molecular formula is C17H13NO5. The maximum absolute atomic E-state index is 12.5. The smallest absolute Gasteiger partial charge is 0.337 e. The molecule has 0 spiro atoms. The van der Waals surface area contributed by atoms with Gasteiger partial charge in [-0.05, 0) is 36.8 Å². The molecule has 0 saturated heterocycles. The molecule has 0 fully saturated rings. The third-order valence-corrected chi connectivity index (χ3v) is 3.78. The number of ether oxygens (including phenoxy) is 1. The van der Waals surface area contributed by atoms with Crippen LogP contribution in [0.5, 0.6) is 5.75 Å². The molecule has 0 unspecified atom stereocenters. The normalized spacial score (nSPS) is 13.2. The predicted octanol–water partition coefficient (Wildman–Crippen LogP) is 2.50. The van der Waals surface area contributed by atoms with Gasteiger partial charge in [-0.2, -0.15) is 0 Å². The first-order chi connectivity index (χ1) is 11.0. The lowest BCUT2D eigenvalue weighted by Crippen LogP contribution is -2.31. The van der Waals surface area contributed by atoms with E-state index in [2.05, 4.69) is 0 Å². The Labute approximate surface area is 131 Å². The average Bonchev–Trinajstić information content (AvgIpc) is 2.79. The van der Waals surface area contributed by atoms with E-state index >= 15 is 0 Å². The Kier molecular flexibility index (Phi) is 3.37. The molecule has 1 aliphatic heterocycles. The Morgan fingerprint density at radius 2 is 1.65 bits per heavy atom. The van der Waals surface area contributed by atoms with Gasteiger partial charge in [-0.1, -0.05) is 12.1 Å².